The Labute approximate surface area is 121 Å². The van der Waals surface area contributed by atoms with Gasteiger partial charge in [-0.05, 0) is 23.5 Å². The molecule has 1 unspecified atom stereocenters. The lowest BCUT2D eigenvalue weighted by Crippen LogP contribution is -2.47. The molecular formula is C16H25NO3. The van der Waals surface area contributed by atoms with E-state index in [-0.39, 0.29) is 5.41 Å². The van der Waals surface area contributed by atoms with Gasteiger partial charge in [0, 0.05) is 13.7 Å². The highest BCUT2D eigenvalue weighted by Gasteiger charge is 2.34. The molecule has 0 aliphatic heterocycles. The molecule has 1 rings (SSSR count). The molecule has 0 saturated carbocycles. The summed E-state index contributed by atoms with van der Waals surface area (Å²) < 4.78 is 4.96. The number of hydrogen-bond donors (Lipinski definition) is 2. The van der Waals surface area contributed by atoms with E-state index < -0.39 is 11.5 Å². The van der Waals surface area contributed by atoms with Crippen molar-refractivity contribution >= 4 is 5.97 Å². The van der Waals surface area contributed by atoms with Gasteiger partial charge in [-0.25, -0.2) is 4.79 Å². The second-order valence-electron chi connectivity index (χ2n) is 6.18. The molecule has 20 heavy (non-hydrogen) atoms. The quantitative estimate of drug-likeness (QED) is 0.786. The van der Waals surface area contributed by atoms with E-state index in [1.165, 1.54) is 5.56 Å². The van der Waals surface area contributed by atoms with Crippen LogP contribution in [0.25, 0.3) is 0 Å². The zero-order valence-electron chi connectivity index (χ0n) is 13.0. The number of ether oxygens (including phenoxy) is 1. The molecule has 2 N–H and O–H groups in total. The highest BCUT2D eigenvalue weighted by atomic mass is 16.5. The van der Waals surface area contributed by atoms with Crippen LogP contribution in [0.2, 0.25) is 0 Å². The molecule has 4 heteroatoms. The molecule has 0 aromatic heterocycles. The number of carbonyl (C=O) groups is 1. The Morgan fingerprint density at radius 2 is 1.65 bits per heavy atom. The van der Waals surface area contributed by atoms with Crippen LogP contribution in [0.1, 0.15) is 38.8 Å². The van der Waals surface area contributed by atoms with E-state index in [1.54, 1.807) is 14.0 Å². The largest absolute Gasteiger partial charge is 0.480 e. The highest BCUT2D eigenvalue weighted by Crippen LogP contribution is 2.26. The molecule has 0 spiro atoms. The van der Waals surface area contributed by atoms with Crippen molar-refractivity contribution < 1.29 is 14.6 Å². The van der Waals surface area contributed by atoms with Crippen molar-refractivity contribution in [3.8, 4) is 0 Å². The number of rotatable bonds is 6. The summed E-state index contributed by atoms with van der Waals surface area (Å²) in [6.07, 6.45) is 0. The minimum Gasteiger partial charge on any atom is -0.480 e. The molecule has 1 aromatic rings. The first-order valence-electron chi connectivity index (χ1n) is 6.80. The van der Waals surface area contributed by atoms with Gasteiger partial charge >= 0.3 is 5.97 Å². The van der Waals surface area contributed by atoms with Crippen molar-refractivity contribution in [2.75, 3.05) is 20.3 Å². The van der Waals surface area contributed by atoms with Crippen molar-refractivity contribution in [3.63, 3.8) is 0 Å². The summed E-state index contributed by atoms with van der Waals surface area (Å²) in [6, 6.07) is 7.76. The van der Waals surface area contributed by atoms with Crippen LogP contribution in [0.15, 0.2) is 24.3 Å². The summed E-state index contributed by atoms with van der Waals surface area (Å²) >= 11 is 0. The topological polar surface area (TPSA) is 58.6 Å². The summed E-state index contributed by atoms with van der Waals surface area (Å²) in [7, 11) is 1.60. The first-order valence-corrected chi connectivity index (χ1v) is 6.80. The van der Waals surface area contributed by atoms with Crippen LogP contribution in [0.4, 0.5) is 0 Å². The molecule has 112 valence electrons. The van der Waals surface area contributed by atoms with E-state index in [9.17, 15) is 9.90 Å². The van der Waals surface area contributed by atoms with Gasteiger partial charge in [-0.3, -0.25) is 5.32 Å². The van der Waals surface area contributed by atoms with Crippen LogP contribution in [-0.2, 0) is 20.5 Å². The zero-order chi connectivity index (χ0) is 15.4. The van der Waals surface area contributed by atoms with Crippen LogP contribution in [0.3, 0.4) is 0 Å². The van der Waals surface area contributed by atoms with Crippen molar-refractivity contribution in [1.29, 1.82) is 0 Å². The third-order valence-corrected chi connectivity index (χ3v) is 3.54. The van der Waals surface area contributed by atoms with Crippen LogP contribution < -0.4 is 5.32 Å². The van der Waals surface area contributed by atoms with Crippen molar-refractivity contribution in [3.05, 3.63) is 35.4 Å². The SMILES string of the molecule is COCCNC(C)(C(=O)O)c1ccc(C(C)(C)C)cc1. The molecule has 0 amide bonds. The Morgan fingerprint density at radius 1 is 1.15 bits per heavy atom. The Kier molecular flexibility index (Phi) is 5.31. The first kappa shape index (κ1) is 16.7. The summed E-state index contributed by atoms with van der Waals surface area (Å²) in [5.41, 5.74) is 0.885. The predicted molar refractivity (Wildman–Crippen MR) is 80.0 cm³/mol. The molecule has 1 aromatic carbocycles. The first-order chi connectivity index (χ1) is 9.21. The van der Waals surface area contributed by atoms with Crippen molar-refractivity contribution in [1.82, 2.24) is 5.32 Å². The molecule has 0 fully saturated rings. The predicted octanol–water partition coefficient (Wildman–Crippen LogP) is 2.52. The van der Waals surface area contributed by atoms with Gasteiger partial charge in [0.25, 0.3) is 0 Å². The maximum Gasteiger partial charge on any atom is 0.328 e. The Bertz CT molecular complexity index is 448. The summed E-state index contributed by atoms with van der Waals surface area (Å²) in [5, 5.41) is 12.6. The molecule has 0 heterocycles. The molecule has 0 radical (unpaired) electrons. The van der Waals surface area contributed by atoms with Crippen LogP contribution in [-0.4, -0.2) is 31.3 Å². The summed E-state index contributed by atoms with van der Waals surface area (Å²) in [5.74, 6) is -0.892. The zero-order valence-corrected chi connectivity index (χ0v) is 13.0. The minimum absolute atomic E-state index is 0.0572. The third kappa shape index (κ3) is 3.81. The molecule has 0 bridgehead atoms. The molecule has 1 atom stereocenters. The fourth-order valence-corrected chi connectivity index (χ4v) is 2.01. The molecule has 4 nitrogen and oxygen atoms in total. The number of benzene rings is 1. The van der Waals surface area contributed by atoms with E-state index in [4.69, 9.17) is 4.74 Å². The van der Waals surface area contributed by atoms with Crippen LogP contribution >= 0.6 is 0 Å². The number of carboxylic acid groups (broad SMARTS) is 1. The lowest BCUT2D eigenvalue weighted by molar-refractivity contribution is -0.144. The monoisotopic (exact) mass is 279 g/mol. The maximum atomic E-state index is 11.6. The van der Waals surface area contributed by atoms with Crippen molar-refractivity contribution in [2.24, 2.45) is 0 Å². The van der Waals surface area contributed by atoms with E-state index in [0.29, 0.717) is 13.2 Å². The van der Waals surface area contributed by atoms with Crippen molar-refractivity contribution in [2.45, 2.75) is 38.6 Å². The Hall–Kier alpha value is -1.39. The maximum absolute atomic E-state index is 11.6. The third-order valence-electron chi connectivity index (χ3n) is 3.54. The van der Waals surface area contributed by atoms with Gasteiger partial charge in [-0.1, -0.05) is 45.0 Å². The normalized spacial score (nSPS) is 14.8. The number of hydrogen-bond acceptors (Lipinski definition) is 3. The standard InChI is InChI=1S/C16H25NO3/c1-15(2,3)12-6-8-13(9-7-12)16(4,14(18)19)17-10-11-20-5/h6-9,17H,10-11H2,1-5H3,(H,18,19). The van der Waals surface area contributed by atoms with E-state index in [0.717, 1.165) is 5.56 Å². The Morgan fingerprint density at radius 3 is 2.05 bits per heavy atom. The van der Waals surface area contributed by atoms with Gasteiger partial charge in [0.05, 0.1) is 6.61 Å². The number of aliphatic carboxylic acids is 1. The lowest BCUT2D eigenvalue weighted by atomic mass is 9.84. The van der Waals surface area contributed by atoms with Gasteiger partial charge in [0.15, 0.2) is 0 Å². The van der Waals surface area contributed by atoms with Gasteiger partial charge in [0.2, 0.25) is 0 Å². The van der Waals surface area contributed by atoms with E-state index >= 15 is 0 Å². The summed E-state index contributed by atoms with van der Waals surface area (Å²) in [6.45, 7) is 9.04. The smallest absolute Gasteiger partial charge is 0.328 e. The number of nitrogens with one attached hydrogen (secondary N) is 1. The fraction of sp³-hybridized carbons (Fsp3) is 0.562. The molecule has 0 aliphatic rings. The van der Waals surface area contributed by atoms with Gasteiger partial charge in [0.1, 0.15) is 5.54 Å². The molecular weight excluding hydrogens is 254 g/mol. The molecule has 0 aliphatic carbocycles. The molecule has 0 saturated heterocycles. The number of methoxy groups -OCH3 is 1. The fourth-order valence-electron chi connectivity index (χ4n) is 2.01. The van der Waals surface area contributed by atoms with Crippen LogP contribution in [0.5, 0.6) is 0 Å². The second kappa shape index (κ2) is 6.37. The van der Waals surface area contributed by atoms with E-state index in [1.807, 2.05) is 24.3 Å². The average Bonchev–Trinajstić information content (AvgIpc) is 2.37. The summed E-state index contributed by atoms with van der Waals surface area (Å²) in [4.78, 5) is 11.6. The Balaban J connectivity index is 3.01. The van der Waals surface area contributed by atoms with Gasteiger partial charge in [-0.2, -0.15) is 0 Å². The average molecular weight is 279 g/mol. The minimum atomic E-state index is -1.10. The van der Waals surface area contributed by atoms with Crippen LogP contribution in [0, 0.1) is 0 Å². The number of carboxylic acids is 1. The van der Waals surface area contributed by atoms with Gasteiger partial charge < -0.3 is 9.84 Å². The lowest BCUT2D eigenvalue weighted by Gasteiger charge is -2.28. The second-order valence-corrected chi connectivity index (χ2v) is 6.18. The van der Waals surface area contributed by atoms with Gasteiger partial charge in [-0.15, -0.1) is 0 Å². The van der Waals surface area contributed by atoms with E-state index in [2.05, 4.69) is 26.1 Å². The highest BCUT2D eigenvalue weighted by molar-refractivity contribution is 5.80.